The Morgan fingerprint density at radius 1 is 1.23 bits per heavy atom. The lowest BCUT2D eigenvalue weighted by atomic mass is 10.1. The van der Waals surface area contributed by atoms with Gasteiger partial charge in [0.25, 0.3) is 0 Å². The molecule has 0 aliphatic carbocycles. The molecule has 0 bridgehead atoms. The Kier molecular flexibility index (Phi) is 7.41. The summed E-state index contributed by atoms with van der Waals surface area (Å²) in [5.41, 5.74) is 0. The van der Waals surface area contributed by atoms with Crippen molar-refractivity contribution in [2.24, 2.45) is 5.92 Å². The van der Waals surface area contributed by atoms with Gasteiger partial charge in [-0.1, -0.05) is 0 Å². The topological polar surface area (TPSA) is 76.7 Å². The molecule has 1 fully saturated rings. The predicted molar refractivity (Wildman–Crippen MR) is 87.6 cm³/mol. The fourth-order valence-electron chi connectivity index (χ4n) is 2.38. The van der Waals surface area contributed by atoms with Crippen LogP contribution in [-0.4, -0.2) is 42.3 Å². The van der Waals surface area contributed by atoms with Gasteiger partial charge in [-0.25, -0.2) is 13.1 Å². The second-order valence-corrected chi connectivity index (χ2v) is 6.86. The molecule has 0 aromatic heterocycles. The highest BCUT2D eigenvalue weighted by Crippen LogP contribution is 2.25. The van der Waals surface area contributed by atoms with E-state index in [1.165, 1.54) is 26.4 Å². The minimum Gasteiger partial charge on any atom is -0.497 e. The lowest BCUT2D eigenvalue weighted by Crippen LogP contribution is -2.26. The Morgan fingerprint density at radius 3 is 2.36 bits per heavy atom. The van der Waals surface area contributed by atoms with Crippen LogP contribution in [0, 0.1) is 5.92 Å². The van der Waals surface area contributed by atoms with E-state index in [1.54, 1.807) is 6.07 Å². The summed E-state index contributed by atoms with van der Waals surface area (Å²) < 4.78 is 37.4. The van der Waals surface area contributed by atoms with Gasteiger partial charge in [0.1, 0.15) is 11.5 Å². The van der Waals surface area contributed by atoms with E-state index in [1.807, 2.05) is 0 Å². The lowest BCUT2D eigenvalue weighted by molar-refractivity contribution is 0.392. The molecular formula is C14H23ClN2O4S. The van der Waals surface area contributed by atoms with Crippen molar-refractivity contribution >= 4 is 22.4 Å². The molecule has 1 aromatic rings. The second-order valence-electron chi connectivity index (χ2n) is 5.09. The van der Waals surface area contributed by atoms with E-state index in [4.69, 9.17) is 9.47 Å². The van der Waals surface area contributed by atoms with Crippen molar-refractivity contribution in [1.82, 2.24) is 10.0 Å². The van der Waals surface area contributed by atoms with E-state index in [2.05, 4.69) is 10.0 Å². The van der Waals surface area contributed by atoms with Gasteiger partial charge in [-0.2, -0.15) is 0 Å². The van der Waals surface area contributed by atoms with Crippen molar-refractivity contribution in [1.29, 1.82) is 0 Å². The zero-order valence-electron chi connectivity index (χ0n) is 12.8. The number of halogens is 1. The molecule has 126 valence electrons. The van der Waals surface area contributed by atoms with Gasteiger partial charge in [0.15, 0.2) is 0 Å². The van der Waals surface area contributed by atoms with Crippen molar-refractivity contribution in [2.75, 3.05) is 33.9 Å². The van der Waals surface area contributed by atoms with Crippen molar-refractivity contribution in [3.63, 3.8) is 0 Å². The predicted octanol–water partition coefficient (Wildman–Crippen LogP) is 1.40. The summed E-state index contributed by atoms with van der Waals surface area (Å²) in [6.07, 6.45) is 1.95. The number of rotatable bonds is 7. The highest BCUT2D eigenvalue weighted by atomic mass is 35.5. The molecule has 0 radical (unpaired) electrons. The normalized spacial score (nSPS) is 17.8. The van der Waals surface area contributed by atoms with Gasteiger partial charge in [-0.3, -0.25) is 0 Å². The number of hydrogen-bond acceptors (Lipinski definition) is 5. The number of ether oxygens (including phenoxy) is 2. The first-order valence-corrected chi connectivity index (χ1v) is 8.47. The van der Waals surface area contributed by atoms with Crippen LogP contribution >= 0.6 is 12.4 Å². The molecule has 2 N–H and O–H groups in total. The van der Waals surface area contributed by atoms with Gasteiger partial charge < -0.3 is 14.8 Å². The highest BCUT2D eigenvalue weighted by Gasteiger charge is 2.19. The summed E-state index contributed by atoms with van der Waals surface area (Å²) in [6.45, 7) is 2.42. The maximum absolute atomic E-state index is 12.3. The van der Waals surface area contributed by atoms with Gasteiger partial charge in [-0.05, 0) is 31.8 Å². The molecule has 1 aliphatic heterocycles. The van der Waals surface area contributed by atoms with E-state index < -0.39 is 10.0 Å². The average Bonchev–Trinajstić information content (AvgIpc) is 2.99. The van der Waals surface area contributed by atoms with Crippen LogP contribution < -0.4 is 19.5 Å². The smallest absolute Gasteiger partial charge is 0.240 e. The third-order valence-electron chi connectivity index (χ3n) is 3.64. The van der Waals surface area contributed by atoms with Gasteiger partial charge in [0, 0.05) is 24.7 Å². The summed E-state index contributed by atoms with van der Waals surface area (Å²) in [5.74, 6) is 1.46. The minimum atomic E-state index is -3.55. The van der Waals surface area contributed by atoms with Crippen LogP contribution in [0.1, 0.15) is 12.8 Å². The van der Waals surface area contributed by atoms with E-state index >= 15 is 0 Å². The quantitative estimate of drug-likeness (QED) is 0.777. The molecule has 1 heterocycles. The van der Waals surface area contributed by atoms with E-state index in [0.717, 1.165) is 25.9 Å². The summed E-state index contributed by atoms with van der Waals surface area (Å²) in [6, 6.07) is 4.62. The number of hydrogen-bond donors (Lipinski definition) is 2. The van der Waals surface area contributed by atoms with Crippen LogP contribution in [0.5, 0.6) is 11.5 Å². The van der Waals surface area contributed by atoms with E-state index in [9.17, 15) is 8.42 Å². The van der Waals surface area contributed by atoms with E-state index in [0.29, 0.717) is 24.0 Å². The Bertz CT molecular complexity index is 552. The Labute approximate surface area is 138 Å². The number of methoxy groups -OCH3 is 2. The molecule has 1 saturated heterocycles. The van der Waals surface area contributed by atoms with E-state index in [-0.39, 0.29) is 17.3 Å². The number of sulfonamides is 1. The Hall–Kier alpha value is -1.02. The summed E-state index contributed by atoms with van der Waals surface area (Å²) in [5, 5.41) is 3.27. The molecule has 1 unspecified atom stereocenters. The number of nitrogens with one attached hydrogen (secondary N) is 2. The lowest BCUT2D eigenvalue weighted by Gasteiger charge is -2.12. The molecule has 8 heteroatoms. The summed E-state index contributed by atoms with van der Waals surface area (Å²) in [7, 11) is -0.564. The monoisotopic (exact) mass is 350 g/mol. The number of benzene rings is 1. The molecule has 0 saturated carbocycles. The van der Waals surface area contributed by atoms with Crippen molar-refractivity contribution in [2.45, 2.75) is 17.7 Å². The molecule has 0 amide bonds. The fraction of sp³-hybridized carbons (Fsp3) is 0.571. The molecule has 6 nitrogen and oxygen atoms in total. The van der Waals surface area contributed by atoms with Crippen LogP contribution in [0.25, 0.3) is 0 Å². The molecule has 22 heavy (non-hydrogen) atoms. The third-order valence-corrected chi connectivity index (χ3v) is 5.08. The third kappa shape index (κ3) is 5.01. The van der Waals surface area contributed by atoms with Gasteiger partial charge in [-0.15, -0.1) is 12.4 Å². The van der Waals surface area contributed by atoms with Crippen LogP contribution in [0.2, 0.25) is 0 Å². The summed E-state index contributed by atoms with van der Waals surface area (Å²) >= 11 is 0. The first-order valence-electron chi connectivity index (χ1n) is 6.98. The minimum absolute atomic E-state index is 0. The Balaban J connectivity index is 0.00000242. The van der Waals surface area contributed by atoms with Gasteiger partial charge in [0.05, 0.1) is 19.1 Å². The van der Waals surface area contributed by atoms with Crippen LogP contribution in [0.15, 0.2) is 23.1 Å². The largest absolute Gasteiger partial charge is 0.497 e. The zero-order chi connectivity index (χ0) is 15.3. The van der Waals surface area contributed by atoms with Crippen molar-refractivity contribution in [3.8, 4) is 11.5 Å². The van der Waals surface area contributed by atoms with Gasteiger partial charge in [0.2, 0.25) is 10.0 Å². The first-order chi connectivity index (χ1) is 10.0. The fourth-order valence-corrected chi connectivity index (χ4v) is 3.47. The molecule has 1 atom stereocenters. The van der Waals surface area contributed by atoms with Crippen molar-refractivity contribution in [3.05, 3.63) is 18.2 Å². The highest BCUT2D eigenvalue weighted by molar-refractivity contribution is 7.89. The summed E-state index contributed by atoms with van der Waals surface area (Å²) in [4.78, 5) is 0.156. The molecule has 1 aliphatic rings. The second kappa shape index (κ2) is 8.57. The standard InChI is InChI=1S/C14H22N2O4S.ClH/c1-19-12-7-13(20-2)9-14(8-12)21(17,18)16-6-4-11-3-5-15-10-11;/h7-9,11,15-16H,3-6,10H2,1-2H3;1H. The molecule has 2 rings (SSSR count). The maximum Gasteiger partial charge on any atom is 0.240 e. The zero-order valence-corrected chi connectivity index (χ0v) is 14.4. The Morgan fingerprint density at radius 2 is 1.86 bits per heavy atom. The van der Waals surface area contributed by atoms with Crippen LogP contribution in [0.3, 0.4) is 0 Å². The molecule has 0 spiro atoms. The first kappa shape index (κ1) is 19.0. The SMILES string of the molecule is COc1cc(OC)cc(S(=O)(=O)NCCC2CCNC2)c1.Cl. The van der Waals surface area contributed by atoms with Crippen molar-refractivity contribution < 1.29 is 17.9 Å². The molecule has 1 aromatic carbocycles. The molecular weight excluding hydrogens is 328 g/mol. The average molecular weight is 351 g/mol. The van der Waals surface area contributed by atoms with Crippen LogP contribution in [0.4, 0.5) is 0 Å². The maximum atomic E-state index is 12.3. The van der Waals surface area contributed by atoms with Crippen LogP contribution in [-0.2, 0) is 10.0 Å². The van der Waals surface area contributed by atoms with Gasteiger partial charge >= 0.3 is 0 Å².